The van der Waals surface area contributed by atoms with Crippen LogP contribution in [0.25, 0.3) is 0 Å². The quantitative estimate of drug-likeness (QED) is 0.915. The molecule has 1 aromatic rings. The van der Waals surface area contributed by atoms with Gasteiger partial charge >= 0.3 is 0 Å². The standard InChI is InChI=1S/C18H31N5O/c1-13-17(14(2)21(4)20-13)19-18(24)15(3)22-11-7-16(8-12-22)23-9-5-6-10-23/h15-16H,5-12H2,1-4H3,(H,19,24). The van der Waals surface area contributed by atoms with Crippen LogP contribution in [0.15, 0.2) is 0 Å². The van der Waals surface area contributed by atoms with E-state index in [-0.39, 0.29) is 11.9 Å². The molecule has 6 heteroatoms. The Kier molecular flexibility index (Phi) is 5.25. The lowest BCUT2D eigenvalue weighted by Gasteiger charge is -2.38. The Morgan fingerprint density at radius 3 is 2.33 bits per heavy atom. The number of likely N-dealkylation sites (tertiary alicyclic amines) is 2. The molecule has 2 aliphatic rings. The average Bonchev–Trinajstić information content (AvgIpc) is 3.19. The van der Waals surface area contributed by atoms with Gasteiger partial charge in [-0.3, -0.25) is 14.4 Å². The van der Waals surface area contributed by atoms with Crippen molar-refractivity contribution in [3.63, 3.8) is 0 Å². The number of hydrogen-bond acceptors (Lipinski definition) is 4. The maximum absolute atomic E-state index is 12.7. The highest BCUT2D eigenvalue weighted by Crippen LogP contribution is 2.23. The average molecular weight is 333 g/mol. The van der Waals surface area contributed by atoms with Crippen LogP contribution in [0, 0.1) is 13.8 Å². The Morgan fingerprint density at radius 1 is 1.17 bits per heavy atom. The zero-order valence-corrected chi connectivity index (χ0v) is 15.5. The van der Waals surface area contributed by atoms with E-state index in [0.29, 0.717) is 0 Å². The molecule has 0 saturated carbocycles. The van der Waals surface area contributed by atoms with Gasteiger partial charge in [-0.05, 0) is 59.5 Å². The molecule has 6 nitrogen and oxygen atoms in total. The molecular formula is C18H31N5O. The van der Waals surface area contributed by atoms with Crippen molar-refractivity contribution in [2.75, 3.05) is 31.5 Å². The third-order valence-corrected chi connectivity index (χ3v) is 5.84. The predicted octanol–water partition coefficient (Wildman–Crippen LogP) is 1.92. The van der Waals surface area contributed by atoms with Crippen LogP contribution in [0.2, 0.25) is 0 Å². The van der Waals surface area contributed by atoms with E-state index in [2.05, 4.69) is 20.2 Å². The first kappa shape index (κ1) is 17.4. The second kappa shape index (κ2) is 7.23. The maximum atomic E-state index is 12.7. The van der Waals surface area contributed by atoms with E-state index in [0.717, 1.165) is 36.2 Å². The predicted molar refractivity (Wildman–Crippen MR) is 96.2 cm³/mol. The fourth-order valence-corrected chi connectivity index (χ4v) is 4.09. The number of anilines is 1. The molecule has 1 amide bonds. The third-order valence-electron chi connectivity index (χ3n) is 5.84. The molecule has 2 aliphatic heterocycles. The molecule has 2 fully saturated rings. The number of nitrogens with zero attached hydrogens (tertiary/aromatic N) is 4. The molecule has 0 aromatic carbocycles. The van der Waals surface area contributed by atoms with Crippen LogP contribution in [0.3, 0.4) is 0 Å². The van der Waals surface area contributed by atoms with Crippen molar-refractivity contribution in [2.24, 2.45) is 7.05 Å². The van der Waals surface area contributed by atoms with Gasteiger partial charge in [-0.1, -0.05) is 0 Å². The molecule has 1 unspecified atom stereocenters. The molecule has 1 atom stereocenters. The summed E-state index contributed by atoms with van der Waals surface area (Å²) in [6.07, 6.45) is 5.07. The van der Waals surface area contributed by atoms with Gasteiger partial charge in [0, 0.05) is 26.2 Å². The third kappa shape index (κ3) is 3.49. The molecule has 1 aromatic heterocycles. The fourth-order valence-electron chi connectivity index (χ4n) is 4.09. The second-order valence-electron chi connectivity index (χ2n) is 7.34. The first-order valence-corrected chi connectivity index (χ1v) is 9.26. The zero-order valence-electron chi connectivity index (χ0n) is 15.5. The maximum Gasteiger partial charge on any atom is 0.241 e. The Morgan fingerprint density at radius 2 is 1.79 bits per heavy atom. The number of nitrogens with one attached hydrogen (secondary N) is 1. The number of piperidine rings is 1. The molecule has 0 bridgehead atoms. The van der Waals surface area contributed by atoms with Crippen molar-refractivity contribution in [1.82, 2.24) is 19.6 Å². The SMILES string of the molecule is Cc1nn(C)c(C)c1NC(=O)C(C)N1CCC(N2CCCC2)CC1. The lowest BCUT2D eigenvalue weighted by molar-refractivity contribution is -0.121. The number of hydrogen-bond donors (Lipinski definition) is 1. The van der Waals surface area contributed by atoms with Crippen molar-refractivity contribution in [3.05, 3.63) is 11.4 Å². The first-order chi connectivity index (χ1) is 11.5. The summed E-state index contributed by atoms with van der Waals surface area (Å²) < 4.78 is 1.82. The molecule has 2 saturated heterocycles. The first-order valence-electron chi connectivity index (χ1n) is 9.26. The van der Waals surface area contributed by atoms with E-state index in [4.69, 9.17) is 0 Å². The minimum atomic E-state index is -0.0939. The van der Waals surface area contributed by atoms with Crippen LogP contribution in [0.5, 0.6) is 0 Å². The lowest BCUT2D eigenvalue weighted by atomic mass is 10.0. The summed E-state index contributed by atoms with van der Waals surface area (Å²) in [5.74, 6) is 0.0776. The molecule has 3 rings (SSSR count). The van der Waals surface area contributed by atoms with E-state index >= 15 is 0 Å². The van der Waals surface area contributed by atoms with Gasteiger partial charge in [0.15, 0.2) is 0 Å². The van der Waals surface area contributed by atoms with Crippen LogP contribution in [0.4, 0.5) is 5.69 Å². The smallest absolute Gasteiger partial charge is 0.241 e. The molecule has 1 N–H and O–H groups in total. The fraction of sp³-hybridized carbons (Fsp3) is 0.778. The topological polar surface area (TPSA) is 53.4 Å². The minimum absolute atomic E-state index is 0.0776. The van der Waals surface area contributed by atoms with E-state index in [1.165, 1.54) is 38.8 Å². The highest BCUT2D eigenvalue weighted by atomic mass is 16.2. The largest absolute Gasteiger partial charge is 0.322 e. The molecule has 0 aliphatic carbocycles. The summed E-state index contributed by atoms with van der Waals surface area (Å²) in [4.78, 5) is 17.6. The second-order valence-corrected chi connectivity index (χ2v) is 7.34. The highest BCUT2D eigenvalue weighted by molar-refractivity contribution is 5.95. The van der Waals surface area contributed by atoms with Gasteiger partial charge < -0.3 is 10.2 Å². The van der Waals surface area contributed by atoms with E-state index in [9.17, 15) is 4.79 Å². The van der Waals surface area contributed by atoms with Crippen molar-refractivity contribution in [1.29, 1.82) is 0 Å². The highest BCUT2D eigenvalue weighted by Gasteiger charge is 2.30. The summed E-state index contributed by atoms with van der Waals surface area (Å²) in [5.41, 5.74) is 2.74. The van der Waals surface area contributed by atoms with Gasteiger partial charge in [0.05, 0.1) is 23.1 Å². The summed E-state index contributed by atoms with van der Waals surface area (Å²) in [6, 6.07) is 0.630. The minimum Gasteiger partial charge on any atom is -0.322 e. The summed E-state index contributed by atoms with van der Waals surface area (Å²) in [6.45, 7) is 10.5. The summed E-state index contributed by atoms with van der Waals surface area (Å²) >= 11 is 0. The van der Waals surface area contributed by atoms with Gasteiger partial charge in [-0.25, -0.2) is 0 Å². The Bertz CT molecular complexity index is 582. The normalized spacial score (nSPS) is 22.0. The van der Waals surface area contributed by atoms with Gasteiger partial charge in [0.2, 0.25) is 5.91 Å². The van der Waals surface area contributed by atoms with Gasteiger partial charge in [0.1, 0.15) is 0 Å². The summed E-state index contributed by atoms with van der Waals surface area (Å²) in [7, 11) is 1.91. The molecular weight excluding hydrogens is 302 g/mol. The Hall–Kier alpha value is -1.40. The van der Waals surface area contributed by atoms with Crippen LogP contribution < -0.4 is 5.32 Å². The van der Waals surface area contributed by atoms with E-state index < -0.39 is 0 Å². The van der Waals surface area contributed by atoms with E-state index in [1.807, 2.05) is 32.5 Å². The molecule has 0 spiro atoms. The van der Waals surface area contributed by atoms with Crippen LogP contribution in [-0.2, 0) is 11.8 Å². The van der Waals surface area contributed by atoms with Crippen molar-refractivity contribution >= 4 is 11.6 Å². The van der Waals surface area contributed by atoms with Crippen LogP contribution >= 0.6 is 0 Å². The number of rotatable bonds is 4. The number of aryl methyl sites for hydroxylation is 2. The monoisotopic (exact) mass is 333 g/mol. The molecule has 134 valence electrons. The number of amides is 1. The van der Waals surface area contributed by atoms with Crippen LogP contribution in [-0.4, -0.2) is 63.8 Å². The van der Waals surface area contributed by atoms with Crippen molar-refractivity contribution < 1.29 is 4.79 Å². The van der Waals surface area contributed by atoms with E-state index in [1.54, 1.807) is 0 Å². The molecule has 24 heavy (non-hydrogen) atoms. The number of aromatic nitrogens is 2. The van der Waals surface area contributed by atoms with Gasteiger partial charge in [-0.2, -0.15) is 5.10 Å². The Labute approximate surface area is 145 Å². The molecule has 3 heterocycles. The summed E-state index contributed by atoms with van der Waals surface area (Å²) in [5, 5.41) is 7.46. The lowest BCUT2D eigenvalue weighted by Crippen LogP contribution is -2.50. The number of carbonyl (C=O) groups excluding carboxylic acids is 1. The zero-order chi connectivity index (χ0) is 17.3. The number of carbonyl (C=O) groups is 1. The Balaban J connectivity index is 1.54. The van der Waals surface area contributed by atoms with Crippen molar-refractivity contribution in [2.45, 2.75) is 58.5 Å². The van der Waals surface area contributed by atoms with Crippen LogP contribution in [0.1, 0.15) is 44.0 Å². The van der Waals surface area contributed by atoms with Crippen molar-refractivity contribution in [3.8, 4) is 0 Å². The molecule has 0 radical (unpaired) electrons. The van der Waals surface area contributed by atoms with Gasteiger partial charge in [-0.15, -0.1) is 0 Å². The van der Waals surface area contributed by atoms with Gasteiger partial charge in [0.25, 0.3) is 0 Å².